The fraction of sp³-hybridized carbons (Fsp3) is 0.643. The number of hydrogen-bond donors (Lipinski definition) is 2. The van der Waals surface area contributed by atoms with E-state index in [4.69, 9.17) is 14.8 Å². The van der Waals surface area contributed by atoms with Gasteiger partial charge in [-0.05, 0) is 31.3 Å². The average molecular weight is 311 g/mol. The van der Waals surface area contributed by atoms with Crippen molar-refractivity contribution < 1.29 is 19.6 Å². The van der Waals surface area contributed by atoms with E-state index in [0.717, 1.165) is 38.0 Å². The fourth-order valence-corrected chi connectivity index (χ4v) is 3.74. The summed E-state index contributed by atoms with van der Waals surface area (Å²) in [6.45, 7) is 0.735. The molecule has 1 aliphatic carbocycles. The maximum atomic E-state index is 12.1. The van der Waals surface area contributed by atoms with Crippen molar-refractivity contribution in [2.24, 2.45) is 0 Å². The minimum atomic E-state index is -1.22. The molecule has 7 heteroatoms. The van der Waals surface area contributed by atoms with Gasteiger partial charge in [0.1, 0.15) is 5.76 Å². The molecule has 1 amide bonds. The lowest BCUT2D eigenvalue weighted by Gasteiger charge is -2.38. The second-order valence-electron chi connectivity index (χ2n) is 5.31. The number of carbonyl (C=O) groups excluding carboxylic acids is 1. The molecule has 0 aromatic rings. The van der Waals surface area contributed by atoms with Crippen molar-refractivity contribution in [1.29, 1.82) is 0 Å². The molecule has 2 rings (SSSR count). The first kappa shape index (κ1) is 16.5. The lowest BCUT2D eigenvalue weighted by Crippen LogP contribution is -2.46. The molecule has 1 aliphatic heterocycles. The van der Waals surface area contributed by atoms with Crippen molar-refractivity contribution in [3.05, 3.63) is 22.8 Å². The van der Waals surface area contributed by atoms with Crippen LogP contribution in [-0.4, -0.2) is 53.4 Å². The molecule has 1 atom stereocenters. The minimum Gasteiger partial charge on any atom is -0.497 e. The highest BCUT2D eigenvalue weighted by Gasteiger charge is 2.33. The van der Waals surface area contributed by atoms with Crippen LogP contribution in [0.2, 0.25) is 6.32 Å². The first-order chi connectivity index (χ1) is 10.1. The number of allylic oxidation sites excluding steroid dienone is 1. The number of unbranched alkanes of at least 4 members (excludes halogenated alkanes) is 2. The van der Waals surface area contributed by atoms with Gasteiger partial charge in [-0.3, -0.25) is 4.79 Å². The maximum Gasteiger partial charge on any atom is 0.451 e. The number of fused-ring (bicyclic) bond motifs is 1. The predicted octanol–water partition coefficient (Wildman–Crippen LogP) is 1.39. The van der Waals surface area contributed by atoms with Crippen LogP contribution in [0, 0.1) is 0 Å². The Morgan fingerprint density at radius 2 is 2.24 bits per heavy atom. The zero-order valence-corrected chi connectivity index (χ0v) is 13.1. The van der Waals surface area contributed by atoms with Crippen molar-refractivity contribution in [3.63, 3.8) is 0 Å². The Bertz CT molecular complexity index is 439. The summed E-state index contributed by atoms with van der Waals surface area (Å²) in [7, 11) is 0.443. The Labute approximate surface area is 130 Å². The van der Waals surface area contributed by atoms with Gasteiger partial charge in [0.2, 0.25) is 5.91 Å². The van der Waals surface area contributed by atoms with Gasteiger partial charge >= 0.3 is 7.12 Å². The molecule has 1 unspecified atom stereocenters. The van der Waals surface area contributed by atoms with Crippen LogP contribution in [0.5, 0.6) is 0 Å². The van der Waals surface area contributed by atoms with Crippen LogP contribution in [0.15, 0.2) is 22.8 Å². The van der Waals surface area contributed by atoms with Crippen LogP contribution in [0.25, 0.3) is 0 Å². The van der Waals surface area contributed by atoms with Gasteiger partial charge < -0.3 is 19.7 Å². The highest BCUT2D eigenvalue weighted by Crippen LogP contribution is 2.35. The molecule has 0 saturated carbocycles. The fourth-order valence-electron chi connectivity index (χ4n) is 2.67. The largest absolute Gasteiger partial charge is 0.497 e. The third-order valence-corrected chi connectivity index (χ3v) is 4.93. The molecule has 2 aliphatic rings. The summed E-state index contributed by atoms with van der Waals surface area (Å²) in [5.41, 5.74) is 0. The molecule has 5 nitrogen and oxygen atoms in total. The van der Waals surface area contributed by atoms with E-state index < -0.39 is 7.12 Å². The highest BCUT2D eigenvalue weighted by molar-refractivity contribution is 8.03. The highest BCUT2D eigenvalue weighted by atomic mass is 32.2. The first-order valence-electron chi connectivity index (χ1n) is 7.36. The Hall–Kier alpha value is -0.915. The third kappa shape index (κ3) is 4.53. The summed E-state index contributed by atoms with van der Waals surface area (Å²) in [5.74, 6) is 1.56. The molecular formula is C14H22BNO4S. The third-order valence-electron chi connectivity index (χ3n) is 3.81. The molecule has 0 aromatic carbocycles. The lowest BCUT2D eigenvalue weighted by atomic mass is 9.83. The zero-order valence-electron chi connectivity index (χ0n) is 12.3. The SMILES string of the molecule is COC1=CCC2C(=C1)SCC(=O)N2CCCCCB(O)O. The number of amides is 1. The molecule has 0 radical (unpaired) electrons. The molecule has 21 heavy (non-hydrogen) atoms. The average Bonchev–Trinajstić information content (AvgIpc) is 2.48. The monoisotopic (exact) mass is 311 g/mol. The zero-order chi connectivity index (χ0) is 15.2. The van der Waals surface area contributed by atoms with Gasteiger partial charge in [-0.1, -0.05) is 12.8 Å². The Morgan fingerprint density at radius 3 is 2.95 bits per heavy atom. The molecule has 0 bridgehead atoms. The summed E-state index contributed by atoms with van der Waals surface area (Å²) in [6, 6.07) is 0.151. The van der Waals surface area contributed by atoms with Gasteiger partial charge in [-0.2, -0.15) is 0 Å². The van der Waals surface area contributed by atoms with Gasteiger partial charge in [-0.25, -0.2) is 0 Å². The van der Waals surface area contributed by atoms with Gasteiger partial charge in [-0.15, -0.1) is 11.8 Å². The van der Waals surface area contributed by atoms with Crippen LogP contribution in [-0.2, 0) is 9.53 Å². The summed E-state index contributed by atoms with van der Waals surface area (Å²) in [4.78, 5) is 15.3. The molecule has 1 fully saturated rings. The maximum absolute atomic E-state index is 12.1. The minimum absolute atomic E-state index is 0.151. The van der Waals surface area contributed by atoms with E-state index in [1.54, 1.807) is 18.9 Å². The second-order valence-corrected chi connectivity index (χ2v) is 6.36. The quantitative estimate of drug-likeness (QED) is 0.549. The molecule has 1 saturated heterocycles. The van der Waals surface area contributed by atoms with Gasteiger partial charge in [0.25, 0.3) is 0 Å². The Kier molecular flexibility index (Phi) is 6.20. The molecule has 116 valence electrons. The second kappa shape index (κ2) is 7.91. The van der Waals surface area contributed by atoms with Crippen LogP contribution in [0.1, 0.15) is 25.7 Å². The summed E-state index contributed by atoms with van der Waals surface area (Å²) in [5, 5.41) is 17.6. The number of nitrogens with zero attached hydrogens (tertiary/aromatic N) is 1. The van der Waals surface area contributed by atoms with E-state index in [0.29, 0.717) is 12.1 Å². The van der Waals surface area contributed by atoms with Gasteiger partial charge in [0.15, 0.2) is 0 Å². The van der Waals surface area contributed by atoms with Gasteiger partial charge in [0, 0.05) is 11.4 Å². The molecule has 0 aromatic heterocycles. The van der Waals surface area contributed by atoms with Gasteiger partial charge in [0.05, 0.1) is 18.9 Å². The number of thioether (sulfide) groups is 1. The first-order valence-corrected chi connectivity index (χ1v) is 8.34. The molecular weight excluding hydrogens is 289 g/mol. The van der Waals surface area contributed by atoms with Crippen LogP contribution >= 0.6 is 11.8 Å². The molecule has 1 heterocycles. The summed E-state index contributed by atoms with van der Waals surface area (Å²) >= 11 is 1.61. The van der Waals surface area contributed by atoms with E-state index in [1.807, 2.05) is 17.1 Å². The van der Waals surface area contributed by atoms with Crippen LogP contribution in [0.4, 0.5) is 0 Å². The number of methoxy groups -OCH3 is 1. The summed E-state index contributed by atoms with van der Waals surface area (Å²) in [6.07, 6.45) is 7.84. The van der Waals surface area contributed by atoms with E-state index in [-0.39, 0.29) is 11.9 Å². The lowest BCUT2D eigenvalue weighted by molar-refractivity contribution is -0.130. The Balaban J connectivity index is 1.85. The van der Waals surface area contributed by atoms with Crippen molar-refractivity contribution in [2.75, 3.05) is 19.4 Å². The number of hydrogen-bond acceptors (Lipinski definition) is 5. The van der Waals surface area contributed by atoms with E-state index in [2.05, 4.69) is 0 Å². The predicted molar refractivity (Wildman–Crippen MR) is 84.6 cm³/mol. The van der Waals surface area contributed by atoms with E-state index >= 15 is 0 Å². The topological polar surface area (TPSA) is 70.0 Å². The summed E-state index contributed by atoms with van der Waals surface area (Å²) < 4.78 is 5.26. The molecule has 2 N–H and O–H groups in total. The van der Waals surface area contributed by atoms with Crippen molar-refractivity contribution in [2.45, 2.75) is 38.0 Å². The van der Waals surface area contributed by atoms with Crippen LogP contribution in [0.3, 0.4) is 0 Å². The standard InChI is InChI=1S/C14H22BNO4S/c1-20-11-5-6-12-13(9-11)21-10-14(17)16(12)8-4-2-3-7-15(18)19/h5,9,12,18-19H,2-4,6-8,10H2,1H3. The smallest absolute Gasteiger partial charge is 0.451 e. The van der Waals surface area contributed by atoms with Crippen molar-refractivity contribution in [1.82, 2.24) is 4.90 Å². The molecule has 0 spiro atoms. The van der Waals surface area contributed by atoms with E-state index in [1.165, 1.54) is 4.91 Å². The van der Waals surface area contributed by atoms with Crippen molar-refractivity contribution >= 4 is 24.8 Å². The number of rotatable bonds is 7. The van der Waals surface area contributed by atoms with E-state index in [9.17, 15) is 4.79 Å². The number of ether oxygens (including phenoxy) is 1. The van der Waals surface area contributed by atoms with Crippen molar-refractivity contribution in [3.8, 4) is 0 Å². The normalized spacial score (nSPS) is 21.6. The number of carbonyl (C=O) groups is 1. The Morgan fingerprint density at radius 1 is 1.43 bits per heavy atom. The van der Waals surface area contributed by atoms with Crippen LogP contribution < -0.4 is 0 Å².